The zero-order valence-corrected chi connectivity index (χ0v) is 29.0. The van der Waals surface area contributed by atoms with Gasteiger partial charge in [0.2, 0.25) is 21.8 Å². The Morgan fingerprint density at radius 2 is 1.55 bits per heavy atom. The molecule has 12 nitrogen and oxygen atoms in total. The van der Waals surface area contributed by atoms with E-state index in [-0.39, 0.29) is 102 Å². The summed E-state index contributed by atoms with van der Waals surface area (Å²) in [6.07, 6.45) is 1.41. The molecular formula is C33H45ClF2N8O4S. The summed E-state index contributed by atoms with van der Waals surface area (Å²) in [5, 5.41) is -0.0680. The molecule has 0 bridgehead atoms. The van der Waals surface area contributed by atoms with Crippen LogP contribution in [-0.4, -0.2) is 99.4 Å². The summed E-state index contributed by atoms with van der Waals surface area (Å²) >= 11 is 6.28. The van der Waals surface area contributed by atoms with Gasteiger partial charge in [-0.1, -0.05) is 11.6 Å². The molecule has 0 unspecified atom stereocenters. The van der Waals surface area contributed by atoms with Crippen molar-refractivity contribution in [1.82, 2.24) is 14.2 Å². The Balaban J connectivity index is 1.06. The summed E-state index contributed by atoms with van der Waals surface area (Å²) in [4.78, 5) is 34.9. The Morgan fingerprint density at radius 1 is 0.939 bits per heavy atom. The van der Waals surface area contributed by atoms with Crippen molar-refractivity contribution in [3.63, 3.8) is 0 Å². The summed E-state index contributed by atoms with van der Waals surface area (Å²) in [5.74, 6) is -3.94. The molecule has 6 N–H and O–H groups in total. The van der Waals surface area contributed by atoms with Gasteiger partial charge >= 0.3 is 0 Å². The van der Waals surface area contributed by atoms with Gasteiger partial charge in [0.15, 0.2) is 0 Å². The van der Waals surface area contributed by atoms with Gasteiger partial charge in [-0.05, 0) is 87.0 Å². The van der Waals surface area contributed by atoms with Crippen LogP contribution < -0.4 is 27.0 Å². The standard InChI is InChI=1S/C33H45ClF2N8O4S/c34-29-13-25(33(35,36)24-3-1-21(2-4-24)32(46)42-18-22(16-37)23(17-38)19-42)14-30(40-29)41-9-11-43(12-10-41)49(47,48)28-7-5-27(6-8-28)44-20-26(39)15-31(44)45/h5-8,13-14,21-24,26H,1-4,9-12,15-20,37-39H2/t21?,22-,23+,24?,26-/m1/s1. The summed E-state index contributed by atoms with van der Waals surface area (Å²) in [5.41, 5.74) is 18.0. The van der Waals surface area contributed by atoms with Crippen molar-refractivity contribution < 1.29 is 26.8 Å². The number of pyridine rings is 1. The number of alkyl halides is 2. The highest BCUT2D eigenvalue weighted by atomic mass is 35.5. The molecule has 2 amide bonds. The van der Waals surface area contributed by atoms with E-state index >= 15 is 8.78 Å². The second-order valence-corrected chi connectivity index (χ2v) is 16.1. The number of hydrogen-bond acceptors (Lipinski definition) is 9. The molecule has 49 heavy (non-hydrogen) atoms. The largest absolute Gasteiger partial charge is 0.354 e. The van der Waals surface area contributed by atoms with Crippen LogP contribution in [0.1, 0.15) is 37.7 Å². The monoisotopic (exact) mass is 722 g/mol. The number of carbonyl (C=O) groups is 2. The summed E-state index contributed by atoms with van der Waals surface area (Å²) in [6, 6.07) is 8.45. The number of benzene rings is 1. The maximum atomic E-state index is 16.0. The highest BCUT2D eigenvalue weighted by Gasteiger charge is 2.46. The van der Waals surface area contributed by atoms with Crippen LogP contribution >= 0.6 is 11.6 Å². The fraction of sp³-hybridized carbons (Fsp3) is 0.606. The van der Waals surface area contributed by atoms with Crippen LogP contribution in [0.3, 0.4) is 0 Å². The third kappa shape index (κ3) is 7.29. The van der Waals surface area contributed by atoms with Gasteiger partial charge in [-0.2, -0.15) is 4.31 Å². The minimum Gasteiger partial charge on any atom is -0.354 e. The van der Waals surface area contributed by atoms with Gasteiger partial charge in [-0.25, -0.2) is 22.2 Å². The van der Waals surface area contributed by atoms with Crippen molar-refractivity contribution in [3.8, 4) is 0 Å². The van der Waals surface area contributed by atoms with Gasteiger partial charge in [0.25, 0.3) is 5.92 Å². The van der Waals surface area contributed by atoms with Crippen LogP contribution in [0.2, 0.25) is 5.15 Å². The Hall–Kier alpha value is -2.95. The Labute approximate surface area is 290 Å². The number of amides is 2. The molecular weight excluding hydrogens is 678 g/mol. The number of halogens is 3. The Morgan fingerprint density at radius 3 is 2.10 bits per heavy atom. The van der Waals surface area contributed by atoms with E-state index in [1.165, 1.54) is 28.6 Å². The van der Waals surface area contributed by atoms with E-state index in [0.29, 0.717) is 51.3 Å². The molecule has 16 heteroatoms. The maximum Gasteiger partial charge on any atom is 0.276 e. The quantitative estimate of drug-likeness (QED) is 0.328. The Bertz CT molecular complexity index is 1620. The number of rotatable bonds is 9. The third-order valence-corrected chi connectivity index (χ3v) is 12.9. The first kappa shape index (κ1) is 35.9. The fourth-order valence-electron chi connectivity index (χ4n) is 7.78. The number of likely N-dealkylation sites (tertiary alicyclic amines) is 1. The summed E-state index contributed by atoms with van der Waals surface area (Å²) in [7, 11) is -3.84. The molecule has 1 aliphatic carbocycles. The highest BCUT2D eigenvalue weighted by molar-refractivity contribution is 7.89. The Kier molecular flexibility index (Phi) is 10.5. The number of sulfonamides is 1. The lowest BCUT2D eigenvalue weighted by Gasteiger charge is -2.36. The molecule has 2 aromatic rings. The highest BCUT2D eigenvalue weighted by Crippen LogP contribution is 2.46. The lowest BCUT2D eigenvalue weighted by atomic mass is 9.77. The van der Waals surface area contributed by atoms with Crippen LogP contribution in [-0.2, 0) is 25.5 Å². The van der Waals surface area contributed by atoms with Crippen LogP contribution in [0.4, 0.5) is 20.3 Å². The van der Waals surface area contributed by atoms with Crippen LogP contribution in [0, 0.1) is 23.7 Å². The van der Waals surface area contributed by atoms with Crippen molar-refractivity contribution >= 4 is 44.9 Å². The molecule has 268 valence electrons. The number of piperazine rings is 1. The minimum absolute atomic E-state index is 0.00681. The molecule has 6 rings (SSSR count). The number of nitrogens with zero attached hydrogens (tertiary/aromatic N) is 5. The van der Waals surface area contributed by atoms with Gasteiger partial charge in [0, 0.05) is 81.4 Å². The first-order valence-corrected chi connectivity index (χ1v) is 18.8. The van der Waals surface area contributed by atoms with Crippen molar-refractivity contribution in [2.45, 2.75) is 49.0 Å². The number of carbonyl (C=O) groups excluding carboxylic acids is 2. The van der Waals surface area contributed by atoms with E-state index in [2.05, 4.69) is 4.98 Å². The zero-order valence-electron chi connectivity index (χ0n) is 27.4. The smallest absolute Gasteiger partial charge is 0.276 e. The van der Waals surface area contributed by atoms with E-state index in [9.17, 15) is 18.0 Å². The molecule has 0 radical (unpaired) electrons. The maximum absolute atomic E-state index is 16.0. The van der Waals surface area contributed by atoms with Crippen LogP contribution in [0.15, 0.2) is 41.3 Å². The molecule has 1 saturated carbocycles. The number of hydrogen-bond donors (Lipinski definition) is 3. The number of anilines is 2. The van der Waals surface area contributed by atoms with E-state index in [4.69, 9.17) is 28.8 Å². The van der Waals surface area contributed by atoms with Gasteiger partial charge in [0.1, 0.15) is 11.0 Å². The van der Waals surface area contributed by atoms with Gasteiger partial charge < -0.3 is 31.9 Å². The zero-order chi connectivity index (χ0) is 35.1. The minimum atomic E-state index is -3.84. The normalized spacial score (nSPS) is 27.3. The third-order valence-electron chi connectivity index (χ3n) is 10.8. The predicted octanol–water partition coefficient (Wildman–Crippen LogP) is 2.20. The van der Waals surface area contributed by atoms with Gasteiger partial charge in [-0.3, -0.25) is 9.59 Å². The van der Waals surface area contributed by atoms with E-state index in [1.807, 2.05) is 4.90 Å². The van der Waals surface area contributed by atoms with Crippen molar-refractivity contribution in [3.05, 3.63) is 47.1 Å². The topological polar surface area (TPSA) is 172 Å². The van der Waals surface area contributed by atoms with Crippen molar-refractivity contribution in [2.24, 2.45) is 40.9 Å². The first-order chi connectivity index (χ1) is 23.3. The number of nitrogens with two attached hydrogens (primary N) is 3. The molecule has 3 atom stereocenters. The van der Waals surface area contributed by atoms with E-state index in [1.54, 1.807) is 21.9 Å². The number of aromatic nitrogens is 1. The average molecular weight is 723 g/mol. The van der Waals surface area contributed by atoms with Crippen LogP contribution in [0.5, 0.6) is 0 Å². The van der Waals surface area contributed by atoms with Gasteiger partial charge in [0.05, 0.1) is 4.90 Å². The molecule has 4 heterocycles. The lowest BCUT2D eigenvalue weighted by Crippen LogP contribution is -2.49. The average Bonchev–Trinajstić information content (AvgIpc) is 3.69. The van der Waals surface area contributed by atoms with Gasteiger partial charge in [-0.15, -0.1) is 0 Å². The molecule has 4 aliphatic rings. The molecule has 3 aliphatic heterocycles. The van der Waals surface area contributed by atoms with E-state index < -0.39 is 21.9 Å². The summed E-state index contributed by atoms with van der Waals surface area (Å²) < 4.78 is 60.3. The lowest BCUT2D eigenvalue weighted by molar-refractivity contribution is -0.138. The van der Waals surface area contributed by atoms with E-state index in [0.717, 1.165) is 0 Å². The summed E-state index contributed by atoms with van der Waals surface area (Å²) in [6.45, 7) is 3.15. The molecule has 0 spiro atoms. The second-order valence-electron chi connectivity index (χ2n) is 13.8. The second kappa shape index (κ2) is 14.3. The molecule has 1 aromatic heterocycles. The SMILES string of the molecule is NC[C@@H]1CN(C(=O)C2CCC(C(F)(F)c3cc(Cl)nc(N4CCN(S(=O)(=O)c5ccc(N6C[C@H](N)CC6=O)cc5)CC4)c3)CC2)C[C@@H]1CN. The fourth-order valence-corrected chi connectivity index (χ4v) is 9.40. The molecule has 3 saturated heterocycles. The molecule has 4 fully saturated rings. The van der Waals surface area contributed by atoms with Crippen molar-refractivity contribution in [2.75, 3.05) is 68.7 Å². The predicted molar refractivity (Wildman–Crippen MR) is 183 cm³/mol. The molecule has 1 aromatic carbocycles. The first-order valence-electron chi connectivity index (χ1n) is 17.0. The van der Waals surface area contributed by atoms with Crippen LogP contribution in [0.25, 0.3) is 0 Å². The van der Waals surface area contributed by atoms with Crippen molar-refractivity contribution in [1.29, 1.82) is 0 Å².